The van der Waals surface area contributed by atoms with Crippen LogP contribution >= 0.6 is 11.3 Å². The molecular weight excluding hydrogens is 360 g/mol. The first-order valence-corrected chi connectivity index (χ1v) is 9.85. The van der Waals surface area contributed by atoms with E-state index < -0.39 is 5.97 Å². The Balaban J connectivity index is 2.07. The van der Waals surface area contributed by atoms with Crippen LogP contribution < -0.4 is 10.6 Å². The average molecular weight is 388 g/mol. The summed E-state index contributed by atoms with van der Waals surface area (Å²) >= 11 is 1.48. The summed E-state index contributed by atoms with van der Waals surface area (Å²) in [4.78, 5) is 26.5. The lowest BCUT2D eigenvalue weighted by Crippen LogP contribution is -3.03. The molecule has 0 radical (unpaired) electrons. The maximum absolute atomic E-state index is 12.8. The van der Waals surface area contributed by atoms with Crippen LogP contribution in [0.3, 0.4) is 0 Å². The number of carbonyl (C=O) groups excluding carboxylic acids is 2. The summed E-state index contributed by atoms with van der Waals surface area (Å²) in [5.74, 6) is -0.621. The molecule has 1 aliphatic heterocycles. The highest BCUT2D eigenvalue weighted by atomic mass is 32.1. The SMILES string of the molecule is COC(=O)c1c(NC(=O)c2cccc(C)c2)sc2c1CC(C)(C)[NH2+]C2(C)C. The normalized spacial score (nSPS) is 17.1. The van der Waals surface area contributed by atoms with Gasteiger partial charge >= 0.3 is 5.97 Å². The van der Waals surface area contributed by atoms with Crippen molar-refractivity contribution in [3.63, 3.8) is 0 Å². The van der Waals surface area contributed by atoms with E-state index in [-0.39, 0.29) is 17.0 Å². The van der Waals surface area contributed by atoms with Gasteiger partial charge in [-0.1, -0.05) is 17.7 Å². The van der Waals surface area contributed by atoms with Gasteiger partial charge in [-0.3, -0.25) is 4.79 Å². The number of aryl methyl sites for hydroxylation is 1. The van der Waals surface area contributed by atoms with Gasteiger partial charge in [0.15, 0.2) is 0 Å². The number of nitrogens with two attached hydrogens (primary N) is 1. The third-order valence-electron chi connectivity index (χ3n) is 4.87. The van der Waals surface area contributed by atoms with Gasteiger partial charge < -0.3 is 15.4 Å². The van der Waals surface area contributed by atoms with Gasteiger partial charge in [-0.15, -0.1) is 11.3 Å². The molecule has 2 heterocycles. The van der Waals surface area contributed by atoms with Gasteiger partial charge in [-0.05, 0) is 52.3 Å². The van der Waals surface area contributed by atoms with Crippen molar-refractivity contribution in [2.75, 3.05) is 12.4 Å². The molecule has 1 aromatic carbocycles. The van der Waals surface area contributed by atoms with Crippen molar-refractivity contribution < 1.29 is 19.6 Å². The van der Waals surface area contributed by atoms with Crippen LogP contribution in [-0.2, 0) is 16.7 Å². The summed E-state index contributed by atoms with van der Waals surface area (Å²) in [6, 6.07) is 7.41. The first-order valence-electron chi connectivity index (χ1n) is 9.03. The molecular formula is C21H27N2O3S+. The van der Waals surface area contributed by atoms with Crippen LogP contribution in [0.4, 0.5) is 5.00 Å². The summed E-state index contributed by atoms with van der Waals surface area (Å²) in [7, 11) is 1.38. The molecule has 6 heteroatoms. The molecule has 0 fully saturated rings. The van der Waals surface area contributed by atoms with Gasteiger partial charge in [0, 0.05) is 12.0 Å². The number of hydrogen-bond acceptors (Lipinski definition) is 4. The molecule has 144 valence electrons. The van der Waals surface area contributed by atoms with E-state index in [4.69, 9.17) is 4.74 Å². The van der Waals surface area contributed by atoms with E-state index in [1.165, 1.54) is 18.4 Å². The van der Waals surface area contributed by atoms with E-state index in [0.29, 0.717) is 16.1 Å². The van der Waals surface area contributed by atoms with E-state index in [0.717, 1.165) is 22.4 Å². The predicted octanol–water partition coefficient (Wildman–Crippen LogP) is 3.23. The van der Waals surface area contributed by atoms with Crippen molar-refractivity contribution in [2.24, 2.45) is 0 Å². The Morgan fingerprint density at radius 1 is 1.22 bits per heavy atom. The van der Waals surface area contributed by atoms with Crippen molar-refractivity contribution >= 4 is 28.2 Å². The Kier molecular flexibility index (Phi) is 4.91. The number of anilines is 1. The molecule has 0 saturated carbocycles. The Hall–Kier alpha value is -2.18. The van der Waals surface area contributed by atoms with Gasteiger partial charge in [0.1, 0.15) is 10.5 Å². The molecule has 3 rings (SSSR count). The number of hydrogen-bond donors (Lipinski definition) is 2. The van der Waals surface area contributed by atoms with Gasteiger partial charge in [-0.25, -0.2) is 4.79 Å². The van der Waals surface area contributed by atoms with Crippen LogP contribution in [0.2, 0.25) is 0 Å². The molecule has 2 aromatic rings. The van der Waals surface area contributed by atoms with Crippen molar-refractivity contribution in [1.82, 2.24) is 0 Å². The second-order valence-corrected chi connectivity index (χ2v) is 9.48. The fraction of sp³-hybridized carbons (Fsp3) is 0.429. The van der Waals surface area contributed by atoms with Gasteiger partial charge in [0.2, 0.25) is 0 Å². The lowest BCUT2D eigenvalue weighted by molar-refractivity contribution is -0.789. The molecule has 0 bridgehead atoms. The Bertz CT molecular complexity index is 912. The summed E-state index contributed by atoms with van der Waals surface area (Å²) in [6.07, 6.45) is 0.743. The minimum Gasteiger partial charge on any atom is -0.465 e. The number of quaternary nitrogens is 1. The molecule has 1 amide bonds. The predicted molar refractivity (Wildman–Crippen MR) is 108 cm³/mol. The largest absolute Gasteiger partial charge is 0.465 e. The average Bonchev–Trinajstić information content (AvgIpc) is 2.91. The number of methoxy groups -OCH3 is 1. The fourth-order valence-corrected chi connectivity index (χ4v) is 5.35. The zero-order valence-electron chi connectivity index (χ0n) is 16.7. The molecule has 27 heavy (non-hydrogen) atoms. The van der Waals surface area contributed by atoms with Crippen LogP contribution in [0.5, 0.6) is 0 Å². The highest BCUT2D eigenvalue weighted by Crippen LogP contribution is 2.42. The van der Waals surface area contributed by atoms with E-state index >= 15 is 0 Å². The highest BCUT2D eigenvalue weighted by molar-refractivity contribution is 7.17. The number of benzene rings is 1. The summed E-state index contributed by atoms with van der Waals surface area (Å²) in [5.41, 5.74) is 2.84. The molecule has 0 unspecified atom stereocenters. The number of thiophene rings is 1. The summed E-state index contributed by atoms with van der Waals surface area (Å²) < 4.78 is 5.05. The van der Waals surface area contributed by atoms with Crippen molar-refractivity contribution in [3.05, 3.63) is 51.4 Å². The number of fused-ring (bicyclic) bond motifs is 1. The van der Waals surface area contributed by atoms with Crippen LogP contribution in [0.25, 0.3) is 0 Å². The second kappa shape index (κ2) is 6.77. The fourth-order valence-electron chi connectivity index (χ4n) is 4.07. The molecule has 0 atom stereocenters. The van der Waals surface area contributed by atoms with Crippen molar-refractivity contribution in [2.45, 2.75) is 52.1 Å². The van der Waals surface area contributed by atoms with E-state index in [1.54, 1.807) is 6.07 Å². The molecule has 1 aromatic heterocycles. The number of ether oxygens (including phenoxy) is 1. The first kappa shape index (κ1) is 19.6. The maximum atomic E-state index is 12.8. The van der Waals surface area contributed by atoms with Gasteiger partial charge in [0.25, 0.3) is 5.91 Å². The van der Waals surface area contributed by atoms with Crippen LogP contribution in [0.1, 0.15) is 64.4 Å². The number of rotatable bonds is 3. The smallest absolute Gasteiger partial charge is 0.341 e. The number of carbonyl (C=O) groups is 2. The molecule has 0 spiro atoms. The topological polar surface area (TPSA) is 72.0 Å². The Labute approximate surface area is 164 Å². The maximum Gasteiger partial charge on any atom is 0.341 e. The van der Waals surface area contributed by atoms with Crippen LogP contribution in [0, 0.1) is 6.92 Å². The first-order chi connectivity index (χ1) is 12.5. The van der Waals surface area contributed by atoms with E-state index in [9.17, 15) is 9.59 Å². The van der Waals surface area contributed by atoms with Gasteiger partial charge in [0.05, 0.1) is 23.1 Å². The zero-order chi connectivity index (χ0) is 20.0. The third kappa shape index (κ3) is 3.77. The lowest BCUT2D eigenvalue weighted by atomic mass is 9.81. The molecule has 5 nitrogen and oxygen atoms in total. The monoisotopic (exact) mass is 387 g/mol. The molecule has 0 saturated heterocycles. The number of esters is 1. The summed E-state index contributed by atoms with van der Waals surface area (Å²) in [5, 5.41) is 5.85. The van der Waals surface area contributed by atoms with Crippen LogP contribution in [0.15, 0.2) is 24.3 Å². The molecule has 1 aliphatic rings. The Morgan fingerprint density at radius 3 is 2.56 bits per heavy atom. The van der Waals surface area contributed by atoms with Crippen molar-refractivity contribution in [1.29, 1.82) is 0 Å². The lowest BCUT2D eigenvalue weighted by Gasteiger charge is -2.38. The van der Waals surface area contributed by atoms with Crippen LogP contribution in [-0.4, -0.2) is 24.5 Å². The quantitative estimate of drug-likeness (QED) is 0.794. The summed E-state index contributed by atoms with van der Waals surface area (Å²) in [6.45, 7) is 10.6. The number of nitrogens with one attached hydrogen (secondary N) is 1. The van der Waals surface area contributed by atoms with Gasteiger partial charge in [-0.2, -0.15) is 0 Å². The van der Waals surface area contributed by atoms with E-state index in [2.05, 4.69) is 38.3 Å². The highest BCUT2D eigenvalue weighted by Gasteiger charge is 2.45. The third-order valence-corrected chi connectivity index (χ3v) is 6.36. The standard InChI is InChI=1S/C21H26N2O3S/c1-12-8-7-9-13(10-12)17(24)22-18-15(19(25)26-6)14-11-20(2,3)23-21(4,5)16(14)27-18/h7-10,23H,11H2,1-6H3,(H,22,24)/p+1. The Morgan fingerprint density at radius 2 is 1.93 bits per heavy atom. The minimum atomic E-state index is -0.402. The molecule has 3 N–H and O–H groups in total. The molecule has 0 aliphatic carbocycles. The van der Waals surface area contributed by atoms with E-state index in [1.807, 2.05) is 25.1 Å². The second-order valence-electron chi connectivity index (χ2n) is 8.46. The zero-order valence-corrected chi connectivity index (χ0v) is 17.5. The number of amides is 1. The minimum absolute atomic E-state index is 0.0435. The van der Waals surface area contributed by atoms with Crippen molar-refractivity contribution in [3.8, 4) is 0 Å².